The van der Waals surface area contributed by atoms with Gasteiger partial charge < -0.3 is 0 Å². The minimum atomic E-state index is 0.102. The second kappa shape index (κ2) is 5.44. The second-order valence-corrected chi connectivity index (χ2v) is 7.88. The topological polar surface area (TPSA) is 0 Å². The van der Waals surface area contributed by atoms with Crippen molar-refractivity contribution in [2.75, 3.05) is 0 Å². The number of fused-ring (bicyclic) bond motifs is 6. The van der Waals surface area contributed by atoms with Crippen molar-refractivity contribution >= 4 is 0 Å². The maximum absolute atomic E-state index is 2.42. The quantitative estimate of drug-likeness (QED) is 0.374. The molecule has 0 heteroatoms. The van der Waals surface area contributed by atoms with E-state index < -0.39 is 0 Å². The molecule has 6 rings (SSSR count). The molecule has 27 heavy (non-hydrogen) atoms. The Balaban J connectivity index is 1.52. The van der Waals surface area contributed by atoms with Gasteiger partial charge in [0.2, 0.25) is 0 Å². The van der Waals surface area contributed by atoms with E-state index in [9.17, 15) is 0 Å². The van der Waals surface area contributed by atoms with Crippen LogP contribution in [-0.2, 0) is 18.3 Å². The van der Waals surface area contributed by atoms with Gasteiger partial charge >= 0.3 is 0 Å². The van der Waals surface area contributed by atoms with Gasteiger partial charge in [-0.3, -0.25) is 0 Å². The molecule has 128 valence electrons. The van der Waals surface area contributed by atoms with Gasteiger partial charge in [0.15, 0.2) is 0 Å². The van der Waals surface area contributed by atoms with Crippen molar-refractivity contribution in [2.45, 2.75) is 18.3 Å². The Morgan fingerprint density at radius 1 is 0.481 bits per heavy atom. The van der Waals surface area contributed by atoms with E-state index in [1.54, 1.807) is 0 Å². The van der Waals surface area contributed by atoms with Crippen LogP contribution in [0.3, 0.4) is 0 Å². The Morgan fingerprint density at radius 2 is 1.07 bits per heavy atom. The molecular formula is C27H20. The molecule has 0 atom stereocenters. The number of benzene rings is 4. The van der Waals surface area contributed by atoms with E-state index in [0.717, 1.165) is 12.8 Å². The van der Waals surface area contributed by atoms with Crippen LogP contribution in [0.2, 0.25) is 0 Å². The van der Waals surface area contributed by atoms with Gasteiger partial charge in [0.1, 0.15) is 0 Å². The van der Waals surface area contributed by atoms with Crippen LogP contribution in [0.5, 0.6) is 0 Å². The van der Waals surface area contributed by atoms with Crippen LogP contribution < -0.4 is 0 Å². The van der Waals surface area contributed by atoms with Crippen LogP contribution in [-0.4, -0.2) is 0 Å². The Hall–Kier alpha value is -3.12. The summed E-state index contributed by atoms with van der Waals surface area (Å²) in [5, 5.41) is 0. The Labute approximate surface area is 160 Å². The molecule has 0 aromatic heterocycles. The van der Waals surface area contributed by atoms with E-state index >= 15 is 0 Å². The maximum atomic E-state index is 2.42. The van der Waals surface area contributed by atoms with Crippen LogP contribution in [0, 0.1) is 0 Å². The van der Waals surface area contributed by atoms with Gasteiger partial charge in [0.25, 0.3) is 0 Å². The monoisotopic (exact) mass is 344 g/mol. The molecule has 4 aromatic carbocycles. The molecule has 0 fully saturated rings. The molecular weight excluding hydrogens is 324 g/mol. The first-order valence-corrected chi connectivity index (χ1v) is 9.72. The SMILES string of the molecule is c1ccc(-c2ccc3c(c2)CC2(C3)c3ccccc3-c3ccccc32)cc1. The molecule has 0 heterocycles. The van der Waals surface area contributed by atoms with Crippen LogP contribution in [0.4, 0.5) is 0 Å². The van der Waals surface area contributed by atoms with Crippen molar-refractivity contribution in [3.63, 3.8) is 0 Å². The summed E-state index contributed by atoms with van der Waals surface area (Å²) in [6.45, 7) is 0. The summed E-state index contributed by atoms with van der Waals surface area (Å²) in [6, 6.07) is 35.8. The fourth-order valence-electron chi connectivity index (χ4n) is 5.28. The number of hydrogen-bond acceptors (Lipinski definition) is 0. The fourth-order valence-corrected chi connectivity index (χ4v) is 5.28. The van der Waals surface area contributed by atoms with Gasteiger partial charge in [-0.05, 0) is 57.3 Å². The third-order valence-electron chi connectivity index (χ3n) is 6.47. The molecule has 0 radical (unpaired) electrons. The Kier molecular flexibility index (Phi) is 3.02. The van der Waals surface area contributed by atoms with Crippen molar-refractivity contribution in [1.29, 1.82) is 0 Å². The third kappa shape index (κ3) is 2.04. The molecule has 1 spiro atoms. The highest BCUT2D eigenvalue weighted by atomic mass is 14.5. The second-order valence-electron chi connectivity index (χ2n) is 7.88. The largest absolute Gasteiger partial charge is 0.0622 e. The Morgan fingerprint density at radius 3 is 1.78 bits per heavy atom. The summed E-state index contributed by atoms with van der Waals surface area (Å²) in [6.07, 6.45) is 2.20. The fraction of sp³-hybridized carbons (Fsp3) is 0.111. The van der Waals surface area contributed by atoms with Crippen LogP contribution in [0.15, 0.2) is 97.1 Å². The summed E-state index contributed by atoms with van der Waals surface area (Å²) in [5.41, 5.74) is 11.6. The molecule has 0 bridgehead atoms. The lowest BCUT2D eigenvalue weighted by atomic mass is 9.76. The predicted molar refractivity (Wildman–Crippen MR) is 112 cm³/mol. The zero-order valence-electron chi connectivity index (χ0n) is 15.2. The Bertz CT molecular complexity index is 1120. The lowest BCUT2D eigenvalue weighted by molar-refractivity contribution is 0.563. The third-order valence-corrected chi connectivity index (χ3v) is 6.47. The minimum Gasteiger partial charge on any atom is -0.0622 e. The van der Waals surface area contributed by atoms with E-state index in [4.69, 9.17) is 0 Å². The number of rotatable bonds is 1. The lowest BCUT2D eigenvalue weighted by Crippen LogP contribution is -2.25. The van der Waals surface area contributed by atoms with Gasteiger partial charge in [-0.1, -0.05) is 97.1 Å². The van der Waals surface area contributed by atoms with E-state index in [-0.39, 0.29) is 5.41 Å². The van der Waals surface area contributed by atoms with Crippen molar-refractivity contribution < 1.29 is 0 Å². The smallest absolute Gasteiger partial charge is 0.0295 e. The van der Waals surface area contributed by atoms with Crippen LogP contribution >= 0.6 is 0 Å². The maximum Gasteiger partial charge on any atom is 0.0295 e. The van der Waals surface area contributed by atoms with Crippen molar-refractivity contribution in [1.82, 2.24) is 0 Å². The molecule has 0 unspecified atom stereocenters. The highest BCUT2D eigenvalue weighted by Gasteiger charge is 2.46. The highest BCUT2D eigenvalue weighted by molar-refractivity contribution is 5.82. The minimum absolute atomic E-state index is 0.102. The summed E-state index contributed by atoms with van der Waals surface area (Å²) < 4.78 is 0. The molecule has 0 saturated carbocycles. The van der Waals surface area contributed by atoms with Crippen molar-refractivity contribution in [2.24, 2.45) is 0 Å². The number of hydrogen-bond donors (Lipinski definition) is 0. The lowest BCUT2D eigenvalue weighted by Gasteiger charge is -2.26. The average molecular weight is 344 g/mol. The van der Waals surface area contributed by atoms with E-state index in [1.807, 2.05) is 0 Å². The van der Waals surface area contributed by atoms with Gasteiger partial charge in [0, 0.05) is 5.41 Å². The van der Waals surface area contributed by atoms with Gasteiger partial charge in [-0.2, -0.15) is 0 Å². The van der Waals surface area contributed by atoms with Gasteiger partial charge in [-0.25, -0.2) is 0 Å². The first kappa shape index (κ1) is 15.0. The zero-order chi connectivity index (χ0) is 17.8. The van der Waals surface area contributed by atoms with E-state index in [2.05, 4.69) is 97.1 Å². The molecule has 0 aliphatic heterocycles. The van der Waals surface area contributed by atoms with Crippen LogP contribution in [0.1, 0.15) is 22.3 Å². The van der Waals surface area contributed by atoms with Crippen molar-refractivity contribution in [3.05, 3.63) is 119 Å². The summed E-state index contributed by atoms with van der Waals surface area (Å²) in [7, 11) is 0. The molecule has 0 N–H and O–H groups in total. The molecule has 0 nitrogen and oxygen atoms in total. The first-order valence-electron chi connectivity index (χ1n) is 9.72. The van der Waals surface area contributed by atoms with Crippen LogP contribution in [0.25, 0.3) is 22.3 Å². The van der Waals surface area contributed by atoms with E-state index in [1.165, 1.54) is 44.5 Å². The van der Waals surface area contributed by atoms with E-state index in [0.29, 0.717) is 0 Å². The highest BCUT2D eigenvalue weighted by Crippen LogP contribution is 2.55. The summed E-state index contributed by atoms with van der Waals surface area (Å²) in [4.78, 5) is 0. The summed E-state index contributed by atoms with van der Waals surface area (Å²) >= 11 is 0. The normalized spacial score (nSPS) is 15.4. The van der Waals surface area contributed by atoms with Gasteiger partial charge in [-0.15, -0.1) is 0 Å². The molecule has 2 aliphatic rings. The first-order chi connectivity index (χ1) is 13.4. The predicted octanol–water partition coefficient (Wildman–Crippen LogP) is 6.42. The molecule has 2 aliphatic carbocycles. The molecule has 0 saturated heterocycles. The van der Waals surface area contributed by atoms with Crippen molar-refractivity contribution in [3.8, 4) is 22.3 Å². The standard InChI is InChI=1S/C27H20/c1-2-8-19(9-3-1)20-14-15-21-17-27(18-22(21)16-20)25-12-6-4-10-23(25)24-11-5-7-13-26(24)27/h1-16H,17-18H2. The zero-order valence-corrected chi connectivity index (χ0v) is 15.2. The summed E-state index contributed by atoms with van der Waals surface area (Å²) in [5.74, 6) is 0. The average Bonchev–Trinajstić information content (AvgIpc) is 3.25. The van der Waals surface area contributed by atoms with Gasteiger partial charge in [0.05, 0.1) is 0 Å². The molecule has 4 aromatic rings. The molecule has 0 amide bonds.